The zero-order chi connectivity index (χ0) is 18.6. The number of halogens is 3. The maximum Gasteiger partial charge on any atom is 0.416 e. The number of benzene rings is 2. The van der Waals surface area contributed by atoms with Gasteiger partial charge in [-0.25, -0.2) is 0 Å². The van der Waals surface area contributed by atoms with Gasteiger partial charge >= 0.3 is 6.18 Å². The number of anilines is 1. The topological polar surface area (TPSA) is 29.1 Å². The van der Waals surface area contributed by atoms with Crippen LogP contribution in [0.4, 0.5) is 18.9 Å². The Morgan fingerprint density at radius 3 is 2.46 bits per heavy atom. The highest BCUT2D eigenvalue weighted by Gasteiger charge is 2.30. The predicted octanol–water partition coefficient (Wildman–Crippen LogP) is 6.09. The van der Waals surface area contributed by atoms with E-state index in [1.54, 1.807) is 6.08 Å². The molecule has 0 spiro atoms. The van der Waals surface area contributed by atoms with Crippen LogP contribution in [-0.4, -0.2) is 5.91 Å². The SMILES string of the molecule is O=C(/C=C/c1cc(-c2ccccc2)cs1)Nc1cccc(C(F)(F)F)c1. The third-order valence-corrected chi connectivity index (χ3v) is 4.48. The molecule has 0 saturated carbocycles. The standard InChI is InChI=1S/C20H14F3NOS/c21-20(22,23)16-7-4-8-17(12-16)24-19(25)10-9-18-11-15(13-26-18)14-5-2-1-3-6-14/h1-13H,(H,24,25)/b10-9+. The first-order chi connectivity index (χ1) is 12.4. The second-order valence-electron chi connectivity index (χ2n) is 5.50. The molecule has 1 N–H and O–H groups in total. The molecule has 3 aromatic rings. The maximum atomic E-state index is 12.7. The van der Waals surface area contributed by atoms with Gasteiger partial charge in [-0.1, -0.05) is 36.4 Å². The van der Waals surface area contributed by atoms with Crippen LogP contribution in [0.1, 0.15) is 10.4 Å². The lowest BCUT2D eigenvalue weighted by Gasteiger charge is -2.08. The molecule has 6 heteroatoms. The Bertz CT molecular complexity index is 929. The summed E-state index contributed by atoms with van der Waals surface area (Å²) in [7, 11) is 0. The molecular weight excluding hydrogens is 359 g/mol. The molecule has 0 aliphatic rings. The van der Waals surface area contributed by atoms with Crippen molar-refractivity contribution in [3.8, 4) is 11.1 Å². The molecule has 2 aromatic carbocycles. The molecule has 0 unspecified atom stereocenters. The molecule has 132 valence electrons. The van der Waals surface area contributed by atoms with E-state index in [0.29, 0.717) is 0 Å². The van der Waals surface area contributed by atoms with Gasteiger partial charge < -0.3 is 5.32 Å². The number of nitrogens with one attached hydrogen (secondary N) is 1. The first kappa shape index (κ1) is 17.9. The molecule has 0 saturated heterocycles. The molecule has 1 aromatic heterocycles. The normalized spacial score (nSPS) is 11.7. The summed E-state index contributed by atoms with van der Waals surface area (Å²) in [6.45, 7) is 0. The highest BCUT2D eigenvalue weighted by molar-refractivity contribution is 7.11. The number of carbonyl (C=O) groups excluding carboxylic acids is 1. The van der Waals surface area contributed by atoms with Gasteiger partial charge in [0.2, 0.25) is 5.91 Å². The minimum atomic E-state index is -4.44. The summed E-state index contributed by atoms with van der Waals surface area (Å²) >= 11 is 1.48. The average Bonchev–Trinajstić information content (AvgIpc) is 3.09. The Labute approximate surface area is 152 Å². The summed E-state index contributed by atoms with van der Waals surface area (Å²) in [6.07, 6.45) is -1.50. The molecule has 1 heterocycles. The number of rotatable bonds is 4. The third kappa shape index (κ3) is 4.61. The molecule has 0 aliphatic heterocycles. The van der Waals surface area contributed by atoms with Crippen molar-refractivity contribution in [2.45, 2.75) is 6.18 Å². The van der Waals surface area contributed by atoms with E-state index >= 15 is 0 Å². The van der Waals surface area contributed by atoms with Crippen molar-refractivity contribution >= 4 is 29.0 Å². The van der Waals surface area contributed by atoms with Gasteiger partial charge in [0.15, 0.2) is 0 Å². The van der Waals surface area contributed by atoms with Crippen LogP contribution in [-0.2, 0) is 11.0 Å². The fourth-order valence-electron chi connectivity index (χ4n) is 2.34. The van der Waals surface area contributed by atoms with Crippen LogP contribution in [0.25, 0.3) is 17.2 Å². The van der Waals surface area contributed by atoms with Crippen molar-refractivity contribution < 1.29 is 18.0 Å². The molecule has 0 radical (unpaired) electrons. The summed E-state index contributed by atoms with van der Waals surface area (Å²) in [4.78, 5) is 12.8. The van der Waals surface area contributed by atoms with E-state index < -0.39 is 17.6 Å². The predicted molar refractivity (Wildman–Crippen MR) is 98.9 cm³/mol. The van der Waals surface area contributed by atoms with Crippen LogP contribution in [0.5, 0.6) is 0 Å². The summed E-state index contributed by atoms with van der Waals surface area (Å²) in [5, 5.41) is 4.43. The number of carbonyl (C=O) groups is 1. The van der Waals surface area contributed by atoms with E-state index in [-0.39, 0.29) is 5.69 Å². The number of thiophene rings is 1. The minimum absolute atomic E-state index is 0.102. The van der Waals surface area contributed by atoms with Gasteiger partial charge in [-0.3, -0.25) is 4.79 Å². The zero-order valence-electron chi connectivity index (χ0n) is 13.5. The van der Waals surface area contributed by atoms with Crippen molar-refractivity contribution in [3.05, 3.63) is 82.6 Å². The lowest BCUT2D eigenvalue weighted by Crippen LogP contribution is -2.10. The summed E-state index contributed by atoms with van der Waals surface area (Å²) in [5.41, 5.74) is 1.43. The highest BCUT2D eigenvalue weighted by Crippen LogP contribution is 2.30. The van der Waals surface area contributed by atoms with Gasteiger partial charge in [0, 0.05) is 16.6 Å². The summed E-state index contributed by atoms with van der Waals surface area (Å²) in [5.74, 6) is -0.487. The van der Waals surface area contributed by atoms with Crippen molar-refractivity contribution in [3.63, 3.8) is 0 Å². The smallest absolute Gasteiger partial charge is 0.322 e. The fraction of sp³-hybridized carbons (Fsp3) is 0.0500. The summed E-state index contributed by atoms with van der Waals surface area (Å²) in [6, 6.07) is 16.3. The van der Waals surface area contributed by atoms with E-state index in [2.05, 4.69) is 5.32 Å². The lowest BCUT2D eigenvalue weighted by molar-refractivity contribution is -0.137. The van der Waals surface area contributed by atoms with Crippen LogP contribution in [0, 0.1) is 0 Å². The van der Waals surface area contributed by atoms with Crippen LogP contribution < -0.4 is 5.32 Å². The maximum absolute atomic E-state index is 12.7. The molecular formula is C20H14F3NOS. The molecule has 0 fully saturated rings. The largest absolute Gasteiger partial charge is 0.416 e. The number of hydrogen-bond acceptors (Lipinski definition) is 2. The van der Waals surface area contributed by atoms with Crippen molar-refractivity contribution in [1.82, 2.24) is 0 Å². The van der Waals surface area contributed by atoms with Gasteiger partial charge in [-0.15, -0.1) is 11.3 Å². The quantitative estimate of drug-likeness (QED) is 0.551. The molecule has 0 atom stereocenters. The molecule has 3 rings (SSSR count). The third-order valence-electron chi connectivity index (χ3n) is 3.58. The Morgan fingerprint density at radius 2 is 1.73 bits per heavy atom. The van der Waals surface area contributed by atoms with Crippen LogP contribution in [0.2, 0.25) is 0 Å². The Morgan fingerprint density at radius 1 is 0.962 bits per heavy atom. The second kappa shape index (κ2) is 7.58. The van der Waals surface area contributed by atoms with Gasteiger partial charge in [0.05, 0.1) is 5.56 Å². The van der Waals surface area contributed by atoms with Gasteiger partial charge in [-0.2, -0.15) is 13.2 Å². The van der Waals surface area contributed by atoms with Crippen molar-refractivity contribution in [1.29, 1.82) is 0 Å². The van der Waals surface area contributed by atoms with Gasteiger partial charge in [0.25, 0.3) is 0 Å². The first-order valence-electron chi connectivity index (χ1n) is 7.72. The molecule has 0 aliphatic carbocycles. The van der Waals surface area contributed by atoms with Crippen LogP contribution in [0.3, 0.4) is 0 Å². The second-order valence-corrected chi connectivity index (χ2v) is 6.45. The van der Waals surface area contributed by atoms with E-state index in [1.807, 2.05) is 41.8 Å². The average molecular weight is 373 g/mol. The summed E-state index contributed by atoms with van der Waals surface area (Å²) < 4.78 is 38.1. The van der Waals surface area contributed by atoms with E-state index in [9.17, 15) is 18.0 Å². The molecule has 2 nitrogen and oxygen atoms in total. The number of amides is 1. The molecule has 26 heavy (non-hydrogen) atoms. The molecule has 0 bridgehead atoms. The van der Waals surface area contributed by atoms with Crippen LogP contribution in [0.15, 0.2) is 72.1 Å². The van der Waals surface area contributed by atoms with E-state index in [1.165, 1.54) is 29.5 Å². The Hall–Kier alpha value is -2.86. The lowest BCUT2D eigenvalue weighted by atomic mass is 10.1. The number of hydrogen-bond donors (Lipinski definition) is 1. The fourth-order valence-corrected chi connectivity index (χ4v) is 3.15. The van der Waals surface area contributed by atoms with E-state index in [4.69, 9.17) is 0 Å². The minimum Gasteiger partial charge on any atom is -0.322 e. The van der Waals surface area contributed by atoms with Gasteiger partial charge in [-0.05, 0) is 46.8 Å². The van der Waals surface area contributed by atoms with Crippen LogP contribution >= 0.6 is 11.3 Å². The Balaban J connectivity index is 1.66. The van der Waals surface area contributed by atoms with Crippen molar-refractivity contribution in [2.24, 2.45) is 0 Å². The van der Waals surface area contributed by atoms with Crippen molar-refractivity contribution in [2.75, 3.05) is 5.32 Å². The van der Waals surface area contributed by atoms with E-state index in [0.717, 1.165) is 28.1 Å². The monoisotopic (exact) mass is 373 g/mol. The first-order valence-corrected chi connectivity index (χ1v) is 8.60. The number of alkyl halides is 3. The Kier molecular flexibility index (Phi) is 5.23. The highest BCUT2D eigenvalue weighted by atomic mass is 32.1. The van der Waals surface area contributed by atoms with Gasteiger partial charge in [0.1, 0.15) is 0 Å². The zero-order valence-corrected chi connectivity index (χ0v) is 14.3. The molecule has 1 amide bonds.